The molecule has 1 aromatic heterocycles. The molecule has 0 spiro atoms. The molecular formula is C17H14Cl2N2O2. The Morgan fingerprint density at radius 1 is 1.13 bits per heavy atom. The number of nitrogens with one attached hydrogen (secondary N) is 1. The van der Waals surface area contributed by atoms with Crippen molar-refractivity contribution in [1.82, 2.24) is 9.97 Å². The van der Waals surface area contributed by atoms with E-state index in [-0.39, 0.29) is 0 Å². The van der Waals surface area contributed by atoms with Gasteiger partial charge in [0, 0.05) is 15.6 Å². The van der Waals surface area contributed by atoms with Gasteiger partial charge in [-0.25, -0.2) is 4.98 Å². The van der Waals surface area contributed by atoms with Crippen molar-refractivity contribution in [2.24, 2.45) is 0 Å². The maximum absolute atomic E-state index is 10.5. The van der Waals surface area contributed by atoms with Crippen molar-refractivity contribution >= 4 is 23.2 Å². The van der Waals surface area contributed by atoms with Crippen LogP contribution in [0.4, 0.5) is 0 Å². The minimum Gasteiger partial charge on any atom is -0.496 e. The number of imidazole rings is 1. The second-order valence-corrected chi connectivity index (χ2v) is 5.86. The lowest BCUT2D eigenvalue weighted by Gasteiger charge is -2.10. The Morgan fingerprint density at radius 2 is 1.83 bits per heavy atom. The van der Waals surface area contributed by atoms with Crippen LogP contribution in [0.5, 0.6) is 5.75 Å². The third kappa shape index (κ3) is 3.34. The summed E-state index contributed by atoms with van der Waals surface area (Å²) in [4.78, 5) is 7.37. The van der Waals surface area contributed by atoms with Gasteiger partial charge >= 0.3 is 0 Å². The number of benzene rings is 2. The van der Waals surface area contributed by atoms with Crippen LogP contribution in [0.3, 0.4) is 0 Å². The summed E-state index contributed by atoms with van der Waals surface area (Å²) in [6, 6.07) is 12.5. The van der Waals surface area contributed by atoms with Crippen LogP contribution in [0.25, 0.3) is 11.3 Å². The predicted octanol–water partition coefficient (Wildman–Crippen LogP) is 4.47. The van der Waals surface area contributed by atoms with E-state index < -0.39 is 6.10 Å². The van der Waals surface area contributed by atoms with Crippen molar-refractivity contribution in [2.45, 2.75) is 6.10 Å². The highest BCUT2D eigenvalue weighted by atomic mass is 35.5. The maximum Gasteiger partial charge on any atom is 0.140 e. The number of H-pyrrole nitrogens is 1. The maximum atomic E-state index is 10.5. The first-order chi connectivity index (χ1) is 11.1. The van der Waals surface area contributed by atoms with Crippen molar-refractivity contribution < 1.29 is 9.84 Å². The first-order valence-corrected chi connectivity index (χ1v) is 7.66. The van der Waals surface area contributed by atoms with Crippen LogP contribution in [0.1, 0.15) is 17.5 Å². The average Bonchev–Trinajstić information content (AvgIpc) is 3.03. The van der Waals surface area contributed by atoms with Gasteiger partial charge in [-0.3, -0.25) is 0 Å². The van der Waals surface area contributed by atoms with Crippen molar-refractivity contribution in [3.05, 3.63) is 70.1 Å². The van der Waals surface area contributed by atoms with E-state index in [1.54, 1.807) is 31.5 Å². The molecule has 2 N–H and O–H groups in total. The Labute approximate surface area is 143 Å². The number of rotatable bonds is 4. The van der Waals surface area contributed by atoms with Gasteiger partial charge in [0.15, 0.2) is 0 Å². The number of aliphatic hydroxyl groups is 1. The normalized spacial score (nSPS) is 12.2. The van der Waals surface area contributed by atoms with Crippen LogP contribution >= 0.6 is 23.2 Å². The first kappa shape index (κ1) is 15.9. The summed E-state index contributed by atoms with van der Waals surface area (Å²) in [6.07, 6.45) is 0.706. The van der Waals surface area contributed by atoms with Gasteiger partial charge in [-0.15, -0.1) is 0 Å². The number of hydrogen-bond donors (Lipinski definition) is 2. The molecule has 3 aromatic rings. The molecule has 1 heterocycles. The highest BCUT2D eigenvalue weighted by molar-refractivity contribution is 6.34. The molecule has 0 bridgehead atoms. The van der Waals surface area contributed by atoms with Gasteiger partial charge in [0.05, 0.1) is 19.0 Å². The summed E-state index contributed by atoms with van der Waals surface area (Å²) in [7, 11) is 1.61. The molecule has 0 radical (unpaired) electrons. The van der Waals surface area contributed by atoms with Gasteiger partial charge in [0.2, 0.25) is 0 Å². The van der Waals surface area contributed by atoms with E-state index in [9.17, 15) is 5.11 Å². The highest BCUT2D eigenvalue weighted by Gasteiger charge is 2.17. The molecule has 23 heavy (non-hydrogen) atoms. The fourth-order valence-electron chi connectivity index (χ4n) is 2.37. The SMILES string of the molecule is COc1ccccc1-c1cnc(C(O)c2cc(Cl)cc(Cl)c2)[nH]1. The minimum absolute atomic E-state index is 0.407. The van der Waals surface area contributed by atoms with Crippen LogP contribution in [0.2, 0.25) is 10.0 Å². The molecule has 0 aliphatic rings. The van der Waals surface area contributed by atoms with E-state index in [2.05, 4.69) is 9.97 Å². The Balaban J connectivity index is 1.95. The lowest BCUT2D eigenvalue weighted by atomic mass is 10.1. The summed E-state index contributed by atoms with van der Waals surface area (Å²) in [5.41, 5.74) is 2.19. The lowest BCUT2D eigenvalue weighted by molar-refractivity contribution is 0.211. The third-order valence-electron chi connectivity index (χ3n) is 3.45. The van der Waals surface area contributed by atoms with E-state index >= 15 is 0 Å². The number of hydrogen-bond acceptors (Lipinski definition) is 3. The molecule has 2 aromatic carbocycles. The Morgan fingerprint density at radius 3 is 2.52 bits per heavy atom. The van der Waals surface area contributed by atoms with Crippen LogP contribution in [-0.2, 0) is 0 Å². The third-order valence-corrected chi connectivity index (χ3v) is 3.89. The van der Waals surface area contributed by atoms with E-state index in [4.69, 9.17) is 27.9 Å². The summed E-state index contributed by atoms with van der Waals surface area (Å²) < 4.78 is 5.34. The molecule has 1 unspecified atom stereocenters. The quantitative estimate of drug-likeness (QED) is 0.730. The number of aromatic nitrogens is 2. The Hall–Kier alpha value is -2.01. The van der Waals surface area contributed by atoms with Crippen molar-refractivity contribution in [1.29, 1.82) is 0 Å². The van der Waals surface area contributed by atoms with E-state index in [1.807, 2.05) is 24.3 Å². The molecule has 0 fully saturated rings. The average molecular weight is 349 g/mol. The van der Waals surface area contributed by atoms with Gasteiger partial charge in [-0.1, -0.05) is 35.3 Å². The Kier molecular flexibility index (Phi) is 4.57. The number of aliphatic hydroxyl groups excluding tert-OH is 1. The molecule has 1 atom stereocenters. The topological polar surface area (TPSA) is 58.1 Å². The monoisotopic (exact) mass is 348 g/mol. The van der Waals surface area contributed by atoms with Crippen LogP contribution in [0.15, 0.2) is 48.7 Å². The molecule has 0 saturated heterocycles. The summed E-state index contributed by atoms with van der Waals surface area (Å²) in [5, 5.41) is 11.4. The molecule has 0 aliphatic carbocycles. The Bertz CT molecular complexity index is 813. The minimum atomic E-state index is -0.949. The fraction of sp³-hybridized carbons (Fsp3) is 0.118. The zero-order chi connectivity index (χ0) is 16.4. The van der Waals surface area contributed by atoms with Crippen molar-refractivity contribution in [2.75, 3.05) is 7.11 Å². The molecule has 0 saturated carbocycles. The summed E-state index contributed by atoms with van der Waals surface area (Å²) in [5.74, 6) is 1.13. The summed E-state index contributed by atoms with van der Waals surface area (Å²) >= 11 is 12.0. The largest absolute Gasteiger partial charge is 0.496 e. The van der Waals surface area contributed by atoms with Gasteiger partial charge in [-0.2, -0.15) is 0 Å². The van der Waals surface area contributed by atoms with Crippen molar-refractivity contribution in [3.8, 4) is 17.0 Å². The molecule has 0 amide bonds. The zero-order valence-electron chi connectivity index (χ0n) is 12.3. The van der Waals surface area contributed by atoms with E-state index in [1.165, 1.54) is 0 Å². The molecule has 4 nitrogen and oxygen atoms in total. The van der Waals surface area contributed by atoms with Gasteiger partial charge < -0.3 is 14.8 Å². The van der Waals surface area contributed by atoms with Crippen molar-refractivity contribution in [3.63, 3.8) is 0 Å². The van der Waals surface area contributed by atoms with E-state index in [0.29, 0.717) is 21.4 Å². The van der Waals surface area contributed by atoms with Gasteiger partial charge in [0.25, 0.3) is 0 Å². The second-order valence-electron chi connectivity index (χ2n) is 4.99. The smallest absolute Gasteiger partial charge is 0.140 e. The fourth-order valence-corrected chi connectivity index (χ4v) is 2.91. The van der Waals surface area contributed by atoms with Gasteiger partial charge in [0.1, 0.15) is 17.7 Å². The molecule has 0 aliphatic heterocycles. The van der Waals surface area contributed by atoms with Crippen LogP contribution in [0, 0.1) is 0 Å². The molecule has 3 rings (SSSR count). The predicted molar refractivity (Wildman–Crippen MR) is 91.1 cm³/mol. The number of nitrogens with zero attached hydrogens (tertiary/aromatic N) is 1. The highest BCUT2D eigenvalue weighted by Crippen LogP contribution is 2.31. The number of methoxy groups -OCH3 is 1. The lowest BCUT2D eigenvalue weighted by Crippen LogP contribution is -2.02. The molecule has 118 valence electrons. The second kappa shape index (κ2) is 6.62. The zero-order valence-corrected chi connectivity index (χ0v) is 13.8. The molecule has 6 heteroatoms. The van der Waals surface area contributed by atoms with Crippen LogP contribution < -0.4 is 4.74 Å². The molecular weight excluding hydrogens is 335 g/mol. The van der Waals surface area contributed by atoms with E-state index in [0.717, 1.165) is 17.0 Å². The number of ether oxygens (including phenoxy) is 1. The van der Waals surface area contributed by atoms with Gasteiger partial charge in [-0.05, 0) is 35.9 Å². The summed E-state index contributed by atoms with van der Waals surface area (Å²) in [6.45, 7) is 0. The number of para-hydroxylation sites is 1. The van der Waals surface area contributed by atoms with Crippen LogP contribution in [-0.4, -0.2) is 22.2 Å². The standard InChI is InChI=1S/C17H14Cl2N2O2/c1-23-15-5-3-2-4-13(15)14-9-20-17(21-14)16(22)10-6-11(18)8-12(19)7-10/h2-9,16,22H,1H3,(H,20,21). The first-order valence-electron chi connectivity index (χ1n) is 6.91. The number of aromatic amines is 1. The number of halogens is 2.